The Kier molecular flexibility index (Phi) is 19.3. The standard InChI is InChI=1S/CH3.4HI.H3N.Pb/h1H3;4*1H;1H3;/q;;;;;;+4/p-4. The molecule has 0 atom stereocenters. The zero-order chi connectivity index (χ0) is 4.50. The van der Waals surface area contributed by atoms with Gasteiger partial charge in [-0.25, -0.2) is 0 Å². The van der Waals surface area contributed by atoms with Crippen LogP contribution >= 0.6 is 71.0 Å². The minimum atomic E-state index is -1.40. The van der Waals surface area contributed by atoms with Crippen molar-refractivity contribution in [2.75, 3.05) is 0 Å². The van der Waals surface area contributed by atoms with Crippen LogP contribution in [-0.4, -0.2) is 4.00 Å². The van der Waals surface area contributed by atoms with Gasteiger partial charge in [0.25, 0.3) is 0 Å². The summed E-state index contributed by atoms with van der Waals surface area (Å²) in [5.41, 5.74) is 0. The van der Waals surface area contributed by atoms with Crippen molar-refractivity contribution in [1.82, 2.24) is 6.15 Å². The van der Waals surface area contributed by atoms with E-state index in [1.54, 1.807) is 0 Å². The van der Waals surface area contributed by atoms with Gasteiger partial charge in [0.15, 0.2) is 0 Å². The summed E-state index contributed by atoms with van der Waals surface area (Å²) in [5.74, 6) is 0. The molecule has 0 fully saturated rings. The van der Waals surface area contributed by atoms with E-state index in [9.17, 15) is 0 Å². The first-order valence-electron chi connectivity index (χ1n) is 0.756. The van der Waals surface area contributed by atoms with Gasteiger partial charge in [0.1, 0.15) is 0 Å². The van der Waals surface area contributed by atoms with E-state index in [1.165, 1.54) is 0 Å². The molecule has 0 saturated carbocycles. The molecule has 0 unspecified atom stereocenters. The van der Waals surface area contributed by atoms with Gasteiger partial charge >= 0.3 is 75.0 Å². The Morgan fingerprint density at radius 3 is 0.857 bits per heavy atom. The summed E-state index contributed by atoms with van der Waals surface area (Å²) in [6.45, 7) is 0. The van der Waals surface area contributed by atoms with Crippen LogP contribution in [0.3, 0.4) is 0 Å². The average Bonchev–Trinajstić information content (AvgIpc) is 0.722. The molecular weight excluding hydrogens is 741 g/mol. The molecule has 0 aromatic rings. The Labute approximate surface area is 85.6 Å². The average molecular weight is 747 g/mol. The van der Waals surface area contributed by atoms with Crippen molar-refractivity contribution in [2.24, 2.45) is 0 Å². The quantitative estimate of drug-likeness (QED) is 0.298. The van der Waals surface area contributed by atoms with E-state index >= 15 is 0 Å². The summed E-state index contributed by atoms with van der Waals surface area (Å²) in [6, 6.07) is 0. The predicted molar refractivity (Wildman–Crippen MR) is 73.3 cm³/mol. The molecule has 47 valence electrons. The molecule has 0 spiro atoms. The second-order valence-electron chi connectivity index (χ2n) is 0.429. The Hall–Kier alpha value is 3.80. The van der Waals surface area contributed by atoms with Crippen LogP contribution in [0.2, 0.25) is 0 Å². The van der Waals surface area contributed by atoms with Gasteiger partial charge in [0, 0.05) is 0 Å². The summed E-state index contributed by atoms with van der Waals surface area (Å²) in [5, 5.41) is 0. The summed E-state index contributed by atoms with van der Waals surface area (Å²) in [6.07, 6.45) is 0. The molecule has 0 amide bonds. The van der Waals surface area contributed by atoms with Gasteiger partial charge in [-0.3, -0.25) is 0 Å². The maximum absolute atomic E-state index is 2.56. The van der Waals surface area contributed by atoms with Crippen molar-refractivity contribution in [3.63, 3.8) is 0 Å². The van der Waals surface area contributed by atoms with Crippen LogP contribution in [0.25, 0.3) is 0 Å². The molecule has 6 heteroatoms. The predicted octanol–water partition coefficient (Wildman–Crippen LogP) is 3.77. The van der Waals surface area contributed by atoms with Gasteiger partial charge in [-0.15, -0.1) is 0 Å². The van der Waals surface area contributed by atoms with Gasteiger partial charge in [0.2, 0.25) is 0 Å². The summed E-state index contributed by atoms with van der Waals surface area (Å²) < 4.78 is -1.40. The van der Waals surface area contributed by atoms with Crippen molar-refractivity contribution in [3.05, 3.63) is 7.43 Å². The summed E-state index contributed by atoms with van der Waals surface area (Å²) >= 11 is 10.2. The van der Waals surface area contributed by atoms with E-state index in [0.29, 0.717) is 0 Å². The van der Waals surface area contributed by atoms with Gasteiger partial charge in [-0.05, 0) is 0 Å². The second-order valence-corrected chi connectivity index (χ2v) is 169. The number of rotatable bonds is 0. The van der Waals surface area contributed by atoms with Gasteiger partial charge < -0.3 is 6.15 Å². The summed E-state index contributed by atoms with van der Waals surface area (Å²) in [4.78, 5) is 0. The molecule has 0 heterocycles. The monoisotopic (exact) mass is 748 g/mol. The van der Waals surface area contributed by atoms with Crippen LogP contribution in [0.4, 0.5) is 0 Å². The van der Waals surface area contributed by atoms with Crippen molar-refractivity contribution >= 4 is 75.0 Å². The molecule has 0 aliphatic rings. The molecule has 0 aliphatic heterocycles. The number of hydrogen-bond donors (Lipinski definition) is 1. The molecule has 0 aliphatic carbocycles. The first-order chi connectivity index (χ1) is 2.00. The van der Waals surface area contributed by atoms with E-state index in [2.05, 4.69) is 71.0 Å². The molecule has 1 nitrogen and oxygen atoms in total. The Morgan fingerprint density at radius 2 is 0.857 bits per heavy atom. The van der Waals surface area contributed by atoms with Crippen LogP contribution < -0.4 is 6.15 Å². The Bertz CT molecular complexity index is 27.2. The molecule has 7 heavy (non-hydrogen) atoms. The van der Waals surface area contributed by atoms with Crippen molar-refractivity contribution < 1.29 is 0 Å². The van der Waals surface area contributed by atoms with Crippen LogP contribution in [0.15, 0.2) is 0 Å². The first-order valence-corrected chi connectivity index (χ1v) is 44.5. The van der Waals surface area contributed by atoms with E-state index in [1.807, 2.05) is 0 Å². The van der Waals surface area contributed by atoms with Gasteiger partial charge in [-0.1, -0.05) is 7.43 Å². The van der Waals surface area contributed by atoms with Crippen LogP contribution in [0.1, 0.15) is 0 Å². The van der Waals surface area contributed by atoms with Crippen molar-refractivity contribution in [3.8, 4) is 0 Å². The van der Waals surface area contributed by atoms with E-state index in [0.717, 1.165) is 0 Å². The zero-order valence-electron chi connectivity index (χ0n) is 3.72. The number of halogens is 4. The molecule has 0 rings (SSSR count). The molecule has 0 bridgehead atoms. The number of hydrogen-bond acceptors (Lipinski definition) is 1. The van der Waals surface area contributed by atoms with E-state index in [-0.39, 0.29) is 13.6 Å². The molecule has 0 aromatic carbocycles. The van der Waals surface area contributed by atoms with E-state index < -0.39 is 4.00 Å². The van der Waals surface area contributed by atoms with Crippen LogP contribution in [0, 0.1) is 7.43 Å². The first kappa shape index (κ1) is 17.0. The third-order valence-electron chi connectivity index (χ3n) is 0. The van der Waals surface area contributed by atoms with Crippen LogP contribution in [0.5, 0.6) is 0 Å². The van der Waals surface area contributed by atoms with Crippen molar-refractivity contribution in [2.45, 2.75) is 0 Å². The van der Waals surface area contributed by atoms with Crippen LogP contribution in [-0.2, 0) is 0 Å². The molecule has 3 N–H and O–H groups in total. The van der Waals surface area contributed by atoms with E-state index in [4.69, 9.17) is 0 Å². The molecule has 0 saturated heterocycles. The fourth-order valence-corrected chi connectivity index (χ4v) is 0. The third-order valence-corrected chi connectivity index (χ3v) is 0. The molecular formula is CH6I4NPb. The summed E-state index contributed by atoms with van der Waals surface area (Å²) in [7, 11) is 0. The fourth-order valence-electron chi connectivity index (χ4n) is 0. The topological polar surface area (TPSA) is 35.0 Å². The fraction of sp³-hybridized carbons (Fsp3) is 0. The minimum absolute atomic E-state index is 0. The second kappa shape index (κ2) is 7.90. The normalized spacial score (nSPS) is 8.57. The maximum atomic E-state index is 2.56. The van der Waals surface area contributed by atoms with Gasteiger partial charge in [0.05, 0.1) is 0 Å². The third kappa shape index (κ3) is 41.3. The Morgan fingerprint density at radius 1 is 0.857 bits per heavy atom. The van der Waals surface area contributed by atoms with Crippen molar-refractivity contribution in [1.29, 1.82) is 0 Å². The van der Waals surface area contributed by atoms with Gasteiger partial charge in [-0.2, -0.15) is 0 Å². The SMILES string of the molecule is N.[CH3].[I][Pb]([I])([I])[I]. The zero-order valence-corrected chi connectivity index (χ0v) is 16.2. The Balaban J connectivity index is -0.0000000800. The molecule has 1 radical (unpaired) electrons. The molecule has 0 aromatic heterocycles.